The van der Waals surface area contributed by atoms with Crippen molar-refractivity contribution in [2.24, 2.45) is 0 Å². The second-order valence-electron chi connectivity index (χ2n) is 5.21. The number of rotatable bonds is 4. The molecule has 1 saturated carbocycles. The molecule has 0 aliphatic heterocycles. The summed E-state index contributed by atoms with van der Waals surface area (Å²) in [5, 5.41) is 0.387. The van der Waals surface area contributed by atoms with E-state index >= 15 is 0 Å². The Morgan fingerprint density at radius 3 is 2.89 bits per heavy atom. The van der Waals surface area contributed by atoms with E-state index < -0.39 is 0 Å². The fourth-order valence-electron chi connectivity index (χ4n) is 2.77. The van der Waals surface area contributed by atoms with Crippen molar-refractivity contribution in [3.05, 3.63) is 35.8 Å². The predicted molar refractivity (Wildman–Crippen MR) is 70.8 cm³/mol. The molecule has 1 aliphatic rings. The first-order valence-corrected chi connectivity index (χ1v) is 6.49. The van der Waals surface area contributed by atoms with Crippen LogP contribution in [-0.4, -0.2) is 23.5 Å². The second kappa shape index (κ2) is 4.46. The Balaban J connectivity index is 1.94. The Morgan fingerprint density at radius 2 is 2.26 bits per heavy atom. The van der Waals surface area contributed by atoms with Crippen molar-refractivity contribution in [2.75, 3.05) is 7.11 Å². The van der Waals surface area contributed by atoms with Crippen LogP contribution in [-0.2, 0) is 4.74 Å². The van der Waals surface area contributed by atoms with Gasteiger partial charge in [-0.2, -0.15) is 0 Å². The number of fused-ring (bicyclic) bond motifs is 1. The number of carbonyl (C=O) groups excluding carboxylic acids is 1. The number of hydrogen-bond donors (Lipinski definition) is 1. The SMILES string of the molecule is COC1(CC(=O)c2c[nH]c3cccc(F)c23)CCC1. The number of H-pyrrole nitrogens is 1. The average Bonchev–Trinajstić information content (AvgIpc) is 2.79. The third-order valence-corrected chi connectivity index (χ3v) is 4.14. The predicted octanol–water partition coefficient (Wildman–Crippen LogP) is 3.45. The minimum atomic E-state index is -0.359. The maximum Gasteiger partial charge on any atom is 0.168 e. The zero-order valence-electron chi connectivity index (χ0n) is 10.8. The van der Waals surface area contributed by atoms with E-state index in [2.05, 4.69) is 4.98 Å². The minimum Gasteiger partial charge on any atom is -0.378 e. The van der Waals surface area contributed by atoms with Gasteiger partial charge in [0.15, 0.2) is 5.78 Å². The molecular weight excluding hydrogens is 245 g/mol. The van der Waals surface area contributed by atoms with E-state index in [1.807, 2.05) is 0 Å². The fourth-order valence-corrected chi connectivity index (χ4v) is 2.77. The van der Waals surface area contributed by atoms with E-state index in [0.29, 0.717) is 22.9 Å². The first kappa shape index (κ1) is 12.4. The molecule has 1 fully saturated rings. The van der Waals surface area contributed by atoms with Crippen molar-refractivity contribution in [3.8, 4) is 0 Å². The molecule has 100 valence electrons. The molecule has 1 aromatic heterocycles. The highest BCUT2D eigenvalue weighted by Crippen LogP contribution is 2.39. The number of halogens is 1. The lowest BCUT2D eigenvalue weighted by molar-refractivity contribution is -0.0704. The maximum atomic E-state index is 13.8. The number of carbonyl (C=O) groups is 1. The van der Waals surface area contributed by atoms with Crippen LogP contribution in [0.15, 0.2) is 24.4 Å². The maximum absolute atomic E-state index is 13.8. The molecule has 1 aliphatic carbocycles. The van der Waals surface area contributed by atoms with Crippen LogP contribution in [0.5, 0.6) is 0 Å². The van der Waals surface area contributed by atoms with Gasteiger partial charge in [0, 0.05) is 36.2 Å². The molecule has 1 aromatic carbocycles. The van der Waals surface area contributed by atoms with Gasteiger partial charge in [0.1, 0.15) is 5.82 Å². The molecule has 0 unspecified atom stereocenters. The Kier molecular flexibility index (Phi) is 2.90. The van der Waals surface area contributed by atoms with Crippen LogP contribution in [0, 0.1) is 5.82 Å². The Hall–Kier alpha value is -1.68. The summed E-state index contributed by atoms with van der Waals surface area (Å²) in [4.78, 5) is 15.3. The molecule has 0 radical (unpaired) electrons. The third-order valence-electron chi connectivity index (χ3n) is 4.14. The molecule has 0 saturated heterocycles. The quantitative estimate of drug-likeness (QED) is 0.856. The number of methoxy groups -OCH3 is 1. The van der Waals surface area contributed by atoms with Gasteiger partial charge in [-0.15, -0.1) is 0 Å². The number of ketones is 1. The summed E-state index contributed by atoms with van der Waals surface area (Å²) in [6.45, 7) is 0. The minimum absolute atomic E-state index is 0.0575. The van der Waals surface area contributed by atoms with E-state index in [1.54, 1.807) is 25.4 Å². The largest absolute Gasteiger partial charge is 0.378 e. The number of Topliss-reactive ketones (excluding diaryl/α,β-unsaturated/α-hetero) is 1. The van der Waals surface area contributed by atoms with Gasteiger partial charge in [0.25, 0.3) is 0 Å². The lowest BCUT2D eigenvalue weighted by Gasteiger charge is -2.40. The van der Waals surface area contributed by atoms with Gasteiger partial charge in [-0.05, 0) is 31.4 Å². The molecule has 3 rings (SSSR count). The zero-order chi connectivity index (χ0) is 13.5. The average molecular weight is 261 g/mol. The Morgan fingerprint density at radius 1 is 1.47 bits per heavy atom. The number of ether oxygens (including phenoxy) is 1. The number of benzene rings is 1. The van der Waals surface area contributed by atoms with E-state index in [-0.39, 0.29) is 17.2 Å². The van der Waals surface area contributed by atoms with Gasteiger partial charge < -0.3 is 9.72 Å². The summed E-state index contributed by atoms with van der Waals surface area (Å²) in [5.41, 5.74) is 0.756. The number of aromatic nitrogens is 1. The third kappa shape index (κ3) is 1.96. The number of aromatic amines is 1. The smallest absolute Gasteiger partial charge is 0.168 e. The molecule has 1 N–H and O–H groups in total. The van der Waals surface area contributed by atoms with Crippen LogP contribution < -0.4 is 0 Å². The van der Waals surface area contributed by atoms with Crippen LogP contribution >= 0.6 is 0 Å². The van der Waals surface area contributed by atoms with Gasteiger partial charge in [-0.3, -0.25) is 4.79 Å². The highest BCUT2D eigenvalue weighted by molar-refractivity contribution is 6.08. The van der Waals surface area contributed by atoms with Crippen LogP contribution in [0.2, 0.25) is 0 Å². The topological polar surface area (TPSA) is 42.1 Å². The highest BCUT2D eigenvalue weighted by atomic mass is 19.1. The molecule has 4 heteroatoms. The summed E-state index contributed by atoms with van der Waals surface area (Å²) in [7, 11) is 1.64. The second-order valence-corrected chi connectivity index (χ2v) is 5.21. The molecule has 0 atom stereocenters. The summed E-state index contributed by atoms with van der Waals surface area (Å²) in [6, 6.07) is 4.78. The first-order chi connectivity index (χ1) is 9.15. The van der Waals surface area contributed by atoms with Crippen molar-refractivity contribution in [2.45, 2.75) is 31.3 Å². The monoisotopic (exact) mass is 261 g/mol. The lowest BCUT2D eigenvalue weighted by Crippen LogP contribution is -2.41. The summed E-state index contributed by atoms with van der Waals surface area (Å²) >= 11 is 0. The summed E-state index contributed by atoms with van der Waals surface area (Å²) < 4.78 is 19.3. The summed E-state index contributed by atoms with van der Waals surface area (Å²) in [5.74, 6) is -0.417. The van der Waals surface area contributed by atoms with Gasteiger partial charge in [0.05, 0.1) is 5.60 Å². The highest BCUT2D eigenvalue weighted by Gasteiger charge is 2.39. The van der Waals surface area contributed by atoms with E-state index in [0.717, 1.165) is 19.3 Å². The molecule has 0 spiro atoms. The molecule has 2 aromatic rings. The van der Waals surface area contributed by atoms with Crippen LogP contribution in [0.3, 0.4) is 0 Å². The molecule has 0 amide bonds. The van der Waals surface area contributed by atoms with Crippen molar-refractivity contribution in [1.82, 2.24) is 4.98 Å². The molecule has 0 bridgehead atoms. The molecular formula is C15H16FNO2. The first-order valence-electron chi connectivity index (χ1n) is 6.49. The van der Waals surface area contributed by atoms with E-state index in [4.69, 9.17) is 4.74 Å². The number of hydrogen-bond acceptors (Lipinski definition) is 2. The van der Waals surface area contributed by atoms with Crippen LogP contribution in [0.1, 0.15) is 36.0 Å². The van der Waals surface area contributed by atoms with Crippen LogP contribution in [0.25, 0.3) is 10.9 Å². The van der Waals surface area contributed by atoms with Crippen molar-refractivity contribution in [1.29, 1.82) is 0 Å². The number of nitrogens with one attached hydrogen (secondary N) is 1. The normalized spacial score (nSPS) is 17.4. The zero-order valence-corrected chi connectivity index (χ0v) is 10.8. The van der Waals surface area contributed by atoms with Crippen molar-refractivity contribution < 1.29 is 13.9 Å². The Labute approximate surface area is 110 Å². The van der Waals surface area contributed by atoms with Gasteiger partial charge in [0.2, 0.25) is 0 Å². The van der Waals surface area contributed by atoms with E-state index in [9.17, 15) is 9.18 Å². The molecule has 19 heavy (non-hydrogen) atoms. The molecule has 1 heterocycles. The fraction of sp³-hybridized carbons (Fsp3) is 0.400. The van der Waals surface area contributed by atoms with Crippen molar-refractivity contribution in [3.63, 3.8) is 0 Å². The van der Waals surface area contributed by atoms with E-state index in [1.165, 1.54) is 6.07 Å². The van der Waals surface area contributed by atoms with Crippen LogP contribution in [0.4, 0.5) is 4.39 Å². The van der Waals surface area contributed by atoms with Gasteiger partial charge in [-0.25, -0.2) is 4.39 Å². The standard InChI is InChI=1S/C15H16FNO2/c1-19-15(6-3-7-15)8-13(18)10-9-17-12-5-2-4-11(16)14(10)12/h2,4-5,9,17H,3,6-8H2,1H3. The van der Waals surface area contributed by atoms with Gasteiger partial charge in [-0.1, -0.05) is 6.07 Å². The molecule has 3 nitrogen and oxygen atoms in total. The lowest BCUT2D eigenvalue weighted by atomic mass is 9.76. The van der Waals surface area contributed by atoms with Gasteiger partial charge >= 0.3 is 0 Å². The van der Waals surface area contributed by atoms with Crippen molar-refractivity contribution >= 4 is 16.7 Å². The Bertz CT molecular complexity index is 623. The summed E-state index contributed by atoms with van der Waals surface area (Å²) in [6.07, 6.45) is 4.81.